The molecule has 1 aromatic rings. The number of ether oxygens (including phenoxy) is 1. The van der Waals surface area contributed by atoms with Crippen LogP contribution in [0.3, 0.4) is 0 Å². The summed E-state index contributed by atoms with van der Waals surface area (Å²) in [5, 5.41) is 4.09. The summed E-state index contributed by atoms with van der Waals surface area (Å²) in [6, 6.07) is 6.78. The maximum Gasteiger partial charge on any atom is 0.387 e. The minimum atomic E-state index is -2.76. The van der Waals surface area contributed by atoms with Crippen LogP contribution in [0.25, 0.3) is 0 Å². The van der Waals surface area contributed by atoms with Gasteiger partial charge in [-0.05, 0) is 17.7 Å². The fourth-order valence-electron chi connectivity index (χ4n) is 1.82. The van der Waals surface area contributed by atoms with E-state index in [1.807, 2.05) is 35.7 Å². The van der Waals surface area contributed by atoms with Crippen molar-refractivity contribution in [1.82, 2.24) is 5.32 Å². The highest BCUT2D eigenvalue weighted by Gasteiger charge is 2.13. The zero-order valence-electron chi connectivity index (χ0n) is 10.5. The number of nitrogens with one attached hydrogen (secondary N) is 1. The number of alkyl halides is 2. The molecule has 1 aliphatic rings. The van der Waals surface area contributed by atoms with E-state index in [2.05, 4.69) is 10.1 Å². The Kier molecular flexibility index (Phi) is 6.26. The number of thioether (sulfide) groups is 2. The molecule has 1 saturated heterocycles. The zero-order chi connectivity index (χ0) is 13.5. The van der Waals surface area contributed by atoms with Crippen LogP contribution in [0.2, 0.25) is 0 Å². The molecule has 1 atom stereocenters. The largest absolute Gasteiger partial charge is 0.435 e. The number of benzene rings is 1. The first-order valence-corrected chi connectivity index (χ1v) is 8.38. The highest BCUT2D eigenvalue weighted by atomic mass is 32.2. The van der Waals surface area contributed by atoms with Crippen molar-refractivity contribution < 1.29 is 13.5 Å². The average molecular weight is 305 g/mol. The number of hydrogen-bond donors (Lipinski definition) is 1. The van der Waals surface area contributed by atoms with Crippen molar-refractivity contribution in [2.24, 2.45) is 0 Å². The Hall–Kier alpha value is -0.460. The molecule has 0 spiro atoms. The summed E-state index contributed by atoms with van der Waals surface area (Å²) >= 11 is 4.03. The first kappa shape index (κ1) is 14.9. The fraction of sp³-hybridized carbons (Fsp3) is 0.538. The van der Waals surface area contributed by atoms with Gasteiger partial charge in [-0.3, -0.25) is 0 Å². The van der Waals surface area contributed by atoms with E-state index in [-0.39, 0.29) is 5.75 Å². The van der Waals surface area contributed by atoms with Crippen molar-refractivity contribution in [2.45, 2.75) is 18.4 Å². The Morgan fingerprint density at radius 1 is 1.26 bits per heavy atom. The van der Waals surface area contributed by atoms with Crippen LogP contribution in [0.4, 0.5) is 8.78 Å². The molecule has 1 heterocycles. The van der Waals surface area contributed by atoms with Crippen molar-refractivity contribution in [3.63, 3.8) is 0 Å². The van der Waals surface area contributed by atoms with E-state index in [0.29, 0.717) is 5.25 Å². The van der Waals surface area contributed by atoms with Gasteiger partial charge < -0.3 is 10.1 Å². The Bertz CT molecular complexity index is 369. The van der Waals surface area contributed by atoms with E-state index >= 15 is 0 Å². The van der Waals surface area contributed by atoms with Crippen LogP contribution < -0.4 is 10.1 Å². The molecule has 1 unspecified atom stereocenters. The van der Waals surface area contributed by atoms with Crippen molar-refractivity contribution in [3.05, 3.63) is 29.8 Å². The van der Waals surface area contributed by atoms with Gasteiger partial charge in [-0.2, -0.15) is 32.3 Å². The molecule has 1 fully saturated rings. The van der Waals surface area contributed by atoms with Gasteiger partial charge in [-0.15, -0.1) is 0 Å². The van der Waals surface area contributed by atoms with Crippen molar-refractivity contribution in [2.75, 3.05) is 23.8 Å². The third-order valence-electron chi connectivity index (χ3n) is 2.73. The van der Waals surface area contributed by atoms with Crippen molar-refractivity contribution >= 4 is 23.5 Å². The molecule has 0 amide bonds. The Morgan fingerprint density at radius 2 is 2.05 bits per heavy atom. The molecule has 2 rings (SSSR count). The fourth-order valence-corrected chi connectivity index (χ4v) is 4.47. The molecule has 1 aliphatic heterocycles. The molecule has 1 aromatic carbocycles. The molecule has 0 aliphatic carbocycles. The van der Waals surface area contributed by atoms with Gasteiger partial charge in [-0.1, -0.05) is 12.1 Å². The van der Waals surface area contributed by atoms with Crippen LogP contribution in [0, 0.1) is 0 Å². The summed E-state index contributed by atoms with van der Waals surface area (Å²) in [4.78, 5) is 0. The van der Waals surface area contributed by atoms with E-state index in [4.69, 9.17) is 0 Å². The first-order chi connectivity index (χ1) is 9.24. The zero-order valence-corrected chi connectivity index (χ0v) is 12.1. The summed E-state index contributed by atoms with van der Waals surface area (Å²) in [5.41, 5.74) is 1.08. The predicted octanol–water partition coefficient (Wildman–Crippen LogP) is 3.23. The van der Waals surface area contributed by atoms with Crippen LogP contribution >= 0.6 is 23.5 Å². The lowest BCUT2D eigenvalue weighted by Crippen LogP contribution is -2.28. The molecular weight excluding hydrogens is 288 g/mol. The lowest BCUT2D eigenvalue weighted by molar-refractivity contribution is -0.0498. The molecular formula is C13H17F2NOS2. The Balaban J connectivity index is 1.70. The Labute approximate surface area is 120 Å². The third kappa shape index (κ3) is 5.58. The number of halogens is 2. The summed E-state index contributed by atoms with van der Waals surface area (Å²) < 4.78 is 28.3. The van der Waals surface area contributed by atoms with Gasteiger partial charge in [0, 0.05) is 35.6 Å². The van der Waals surface area contributed by atoms with Gasteiger partial charge in [0.25, 0.3) is 0 Å². The predicted molar refractivity (Wildman–Crippen MR) is 78.4 cm³/mol. The molecule has 19 heavy (non-hydrogen) atoms. The summed E-state index contributed by atoms with van der Waals surface area (Å²) in [6.45, 7) is -1.01. The Morgan fingerprint density at radius 3 is 2.68 bits per heavy atom. The molecule has 2 nitrogen and oxygen atoms in total. The summed E-state index contributed by atoms with van der Waals surface area (Å²) in [7, 11) is 0. The van der Waals surface area contributed by atoms with Crippen LogP contribution in [0.15, 0.2) is 24.3 Å². The molecule has 0 saturated carbocycles. The molecule has 0 bridgehead atoms. The first-order valence-electron chi connectivity index (χ1n) is 6.18. The van der Waals surface area contributed by atoms with Gasteiger partial charge in [0.1, 0.15) is 5.75 Å². The molecule has 0 radical (unpaired) electrons. The van der Waals surface area contributed by atoms with Crippen LogP contribution in [0.5, 0.6) is 5.75 Å². The molecule has 1 N–H and O–H groups in total. The quantitative estimate of drug-likeness (QED) is 0.871. The summed E-state index contributed by atoms with van der Waals surface area (Å²) in [6.07, 6.45) is 0. The van der Waals surface area contributed by atoms with E-state index in [0.717, 1.165) is 18.7 Å². The second-order valence-corrected chi connectivity index (χ2v) is 6.78. The SMILES string of the molecule is FC(F)Oc1ccc(CNCC2CSCCS2)cc1. The molecule has 106 valence electrons. The minimum absolute atomic E-state index is 0.206. The van der Waals surface area contributed by atoms with Gasteiger partial charge in [0.2, 0.25) is 0 Å². The second kappa shape index (κ2) is 7.97. The van der Waals surface area contributed by atoms with Gasteiger partial charge in [-0.25, -0.2) is 0 Å². The van der Waals surface area contributed by atoms with E-state index in [1.165, 1.54) is 17.3 Å². The monoisotopic (exact) mass is 305 g/mol. The lowest BCUT2D eigenvalue weighted by Gasteiger charge is -2.21. The molecule has 6 heteroatoms. The molecule has 0 aromatic heterocycles. The maximum atomic E-state index is 12.0. The highest BCUT2D eigenvalue weighted by molar-refractivity contribution is 8.06. The van der Waals surface area contributed by atoms with E-state index in [9.17, 15) is 8.78 Å². The third-order valence-corrected chi connectivity index (χ3v) is 5.58. The normalized spacial score (nSPS) is 19.6. The van der Waals surface area contributed by atoms with Crippen LogP contribution in [-0.2, 0) is 6.54 Å². The van der Waals surface area contributed by atoms with E-state index < -0.39 is 6.61 Å². The van der Waals surface area contributed by atoms with Gasteiger partial charge >= 0.3 is 6.61 Å². The van der Waals surface area contributed by atoms with Crippen molar-refractivity contribution in [1.29, 1.82) is 0 Å². The maximum absolute atomic E-state index is 12.0. The van der Waals surface area contributed by atoms with Crippen molar-refractivity contribution in [3.8, 4) is 5.75 Å². The van der Waals surface area contributed by atoms with Gasteiger partial charge in [0.15, 0.2) is 0 Å². The average Bonchev–Trinajstić information content (AvgIpc) is 2.41. The van der Waals surface area contributed by atoms with Gasteiger partial charge in [0.05, 0.1) is 0 Å². The topological polar surface area (TPSA) is 21.3 Å². The number of hydrogen-bond acceptors (Lipinski definition) is 4. The van der Waals surface area contributed by atoms with E-state index in [1.54, 1.807) is 12.1 Å². The second-order valence-electron chi connectivity index (χ2n) is 4.22. The smallest absolute Gasteiger partial charge is 0.387 e. The number of rotatable bonds is 6. The minimum Gasteiger partial charge on any atom is -0.435 e. The van der Waals surface area contributed by atoms with Crippen LogP contribution in [0.1, 0.15) is 5.56 Å². The van der Waals surface area contributed by atoms with Crippen LogP contribution in [-0.4, -0.2) is 35.7 Å². The standard InChI is InChI=1S/C13H17F2NOS2/c14-13(15)17-11-3-1-10(2-4-11)7-16-8-12-9-18-5-6-19-12/h1-4,12-13,16H,5-9H2. The highest BCUT2D eigenvalue weighted by Crippen LogP contribution is 2.23. The lowest BCUT2D eigenvalue weighted by atomic mass is 10.2. The summed E-state index contributed by atoms with van der Waals surface area (Å²) in [5.74, 6) is 3.90.